The third kappa shape index (κ3) is 2.27. The van der Waals surface area contributed by atoms with E-state index in [4.69, 9.17) is 0 Å². The van der Waals surface area contributed by atoms with Crippen molar-refractivity contribution in [3.05, 3.63) is 72.3 Å². The van der Waals surface area contributed by atoms with Crippen molar-refractivity contribution < 1.29 is 13.2 Å². The van der Waals surface area contributed by atoms with E-state index in [9.17, 15) is 13.2 Å². The van der Waals surface area contributed by atoms with Gasteiger partial charge in [-0.05, 0) is 34.0 Å². The van der Waals surface area contributed by atoms with Gasteiger partial charge in [-0.3, -0.25) is 0 Å². The zero-order chi connectivity index (χ0) is 14.2. The van der Waals surface area contributed by atoms with E-state index in [2.05, 4.69) is 0 Å². The maximum Gasteiger partial charge on any atom is 0.416 e. The third-order valence-electron chi connectivity index (χ3n) is 3.31. The smallest absolute Gasteiger partial charge is 0.166 e. The first-order valence-corrected chi connectivity index (χ1v) is 6.21. The summed E-state index contributed by atoms with van der Waals surface area (Å²) in [6.07, 6.45) is -4.29. The summed E-state index contributed by atoms with van der Waals surface area (Å²) in [4.78, 5) is 0. The Hall–Kier alpha value is -2.29. The first kappa shape index (κ1) is 12.7. The largest absolute Gasteiger partial charge is 0.416 e. The second-order valence-electron chi connectivity index (χ2n) is 4.60. The van der Waals surface area contributed by atoms with Crippen molar-refractivity contribution in [1.82, 2.24) is 0 Å². The molecule has 0 nitrogen and oxygen atoms in total. The first-order valence-electron chi connectivity index (χ1n) is 6.21. The molecule has 0 saturated carbocycles. The van der Waals surface area contributed by atoms with Crippen LogP contribution in [-0.2, 0) is 6.18 Å². The zero-order valence-corrected chi connectivity index (χ0v) is 10.5. The Morgan fingerprint density at radius 3 is 2.00 bits per heavy atom. The third-order valence-corrected chi connectivity index (χ3v) is 3.31. The first-order chi connectivity index (χ1) is 9.55. The minimum absolute atomic E-state index is 0.624. The Bertz CT molecular complexity index is 735. The highest BCUT2D eigenvalue weighted by atomic mass is 19.4. The van der Waals surface area contributed by atoms with Crippen LogP contribution in [0.3, 0.4) is 0 Å². The van der Waals surface area contributed by atoms with Gasteiger partial charge < -0.3 is 0 Å². The molecule has 0 aliphatic heterocycles. The van der Waals surface area contributed by atoms with Crippen molar-refractivity contribution >= 4 is 10.8 Å². The summed E-state index contributed by atoms with van der Waals surface area (Å²) in [7, 11) is 0. The summed E-state index contributed by atoms with van der Waals surface area (Å²) in [6, 6.07) is 18.9. The summed E-state index contributed by atoms with van der Waals surface area (Å²) in [5.41, 5.74) is 1.10. The second kappa shape index (κ2) is 4.67. The van der Waals surface area contributed by atoms with Gasteiger partial charge in [-0.15, -0.1) is 0 Å². The maximum absolute atomic E-state index is 12.6. The van der Waals surface area contributed by atoms with Gasteiger partial charge in [0.15, 0.2) is 0 Å². The van der Waals surface area contributed by atoms with Gasteiger partial charge in [0.05, 0.1) is 5.56 Å². The molecule has 0 atom stereocenters. The fourth-order valence-electron chi connectivity index (χ4n) is 2.32. The molecule has 0 unspecified atom stereocenters. The van der Waals surface area contributed by atoms with E-state index in [1.54, 1.807) is 0 Å². The monoisotopic (exact) mass is 272 g/mol. The second-order valence-corrected chi connectivity index (χ2v) is 4.60. The average molecular weight is 272 g/mol. The molecule has 0 aromatic heterocycles. The van der Waals surface area contributed by atoms with E-state index in [0.717, 1.165) is 34.0 Å². The standard InChI is InChI=1S/C17H11F3/c18-17(19,20)14-10-8-13(9-11-14)16-7-3-5-12-4-1-2-6-15(12)16/h1-11H. The maximum atomic E-state index is 12.6. The summed E-state index contributed by atoms with van der Waals surface area (Å²) < 4.78 is 37.7. The lowest BCUT2D eigenvalue weighted by molar-refractivity contribution is -0.137. The van der Waals surface area contributed by atoms with Gasteiger partial charge >= 0.3 is 6.18 Å². The van der Waals surface area contributed by atoms with Crippen LogP contribution in [0.5, 0.6) is 0 Å². The molecule has 0 heterocycles. The summed E-state index contributed by atoms with van der Waals surface area (Å²) in [5.74, 6) is 0. The van der Waals surface area contributed by atoms with Crippen LogP contribution < -0.4 is 0 Å². The number of fused-ring (bicyclic) bond motifs is 1. The molecule has 20 heavy (non-hydrogen) atoms. The molecule has 3 aromatic rings. The molecule has 100 valence electrons. The molecule has 0 aliphatic rings. The molecular weight excluding hydrogens is 261 g/mol. The number of alkyl halides is 3. The van der Waals surface area contributed by atoms with E-state index in [1.807, 2.05) is 42.5 Å². The van der Waals surface area contributed by atoms with E-state index in [1.165, 1.54) is 12.1 Å². The van der Waals surface area contributed by atoms with E-state index < -0.39 is 11.7 Å². The molecule has 3 rings (SSSR count). The van der Waals surface area contributed by atoms with Crippen LogP contribution in [0.1, 0.15) is 5.56 Å². The number of rotatable bonds is 1. The molecule has 3 aromatic carbocycles. The Morgan fingerprint density at radius 2 is 1.30 bits per heavy atom. The Labute approximate surface area is 114 Å². The fourth-order valence-corrected chi connectivity index (χ4v) is 2.32. The zero-order valence-electron chi connectivity index (χ0n) is 10.5. The Kier molecular flexibility index (Phi) is 2.97. The van der Waals surface area contributed by atoms with Crippen LogP contribution in [0.25, 0.3) is 21.9 Å². The van der Waals surface area contributed by atoms with Gasteiger partial charge in [0.25, 0.3) is 0 Å². The van der Waals surface area contributed by atoms with Crippen molar-refractivity contribution in [3.8, 4) is 11.1 Å². The van der Waals surface area contributed by atoms with Crippen LogP contribution in [0, 0.1) is 0 Å². The predicted octanol–water partition coefficient (Wildman–Crippen LogP) is 5.53. The molecule has 0 fully saturated rings. The summed E-state index contributed by atoms with van der Waals surface area (Å²) in [5, 5.41) is 2.11. The molecule has 3 heteroatoms. The van der Waals surface area contributed by atoms with Gasteiger partial charge in [-0.2, -0.15) is 13.2 Å². The van der Waals surface area contributed by atoms with Gasteiger partial charge in [0, 0.05) is 0 Å². The molecule has 0 radical (unpaired) electrons. The topological polar surface area (TPSA) is 0 Å². The highest BCUT2D eigenvalue weighted by Gasteiger charge is 2.29. The van der Waals surface area contributed by atoms with Crippen LogP contribution in [0.2, 0.25) is 0 Å². The van der Waals surface area contributed by atoms with Crippen molar-refractivity contribution in [2.24, 2.45) is 0 Å². The minimum Gasteiger partial charge on any atom is -0.166 e. The molecule has 0 saturated heterocycles. The van der Waals surface area contributed by atoms with Gasteiger partial charge in [-0.1, -0.05) is 54.6 Å². The van der Waals surface area contributed by atoms with E-state index in [-0.39, 0.29) is 0 Å². The van der Waals surface area contributed by atoms with Crippen LogP contribution in [-0.4, -0.2) is 0 Å². The molecule has 0 spiro atoms. The summed E-state index contributed by atoms with van der Waals surface area (Å²) in [6.45, 7) is 0. The number of hydrogen-bond acceptors (Lipinski definition) is 0. The Balaban J connectivity index is 2.12. The fraction of sp³-hybridized carbons (Fsp3) is 0.0588. The van der Waals surface area contributed by atoms with Crippen molar-refractivity contribution in [3.63, 3.8) is 0 Å². The van der Waals surface area contributed by atoms with E-state index >= 15 is 0 Å². The molecule has 0 amide bonds. The normalized spacial score (nSPS) is 11.8. The lowest BCUT2D eigenvalue weighted by Gasteiger charge is -2.09. The molecular formula is C17H11F3. The highest BCUT2D eigenvalue weighted by Crippen LogP contribution is 2.33. The highest BCUT2D eigenvalue weighted by molar-refractivity contribution is 5.96. The lowest BCUT2D eigenvalue weighted by atomic mass is 9.97. The molecule has 0 N–H and O–H groups in total. The van der Waals surface area contributed by atoms with E-state index in [0.29, 0.717) is 0 Å². The average Bonchev–Trinajstić information content (AvgIpc) is 2.46. The summed E-state index contributed by atoms with van der Waals surface area (Å²) >= 11 is 0. The van der Waals surface area contributed by atoms with Crippen molar-refractivity contribution in [2.75, 3.05) is 0 Å². The van der Waals surface area contributed by atoms with Crippen LogP contribution in [0.4, 0.5) is 13.2 Å². The number of benzene rings is 3. The van der Waals surface area contributed by atoms with Crippen LogP contribution >= 0.6 is 0 Å². The quantitative estimate of drug-likeness (QED) is 0.546. The number of halogens is 3. The SMILES string of the molecule is FC(F)(F)c1ccc(-c2cccc3ccccc23)cc1. The van der Waals surface area contributed by atoms with Gasteiger partial charge in [-0.25, -0.2) is 0 Å². The Morgan fingerprint density at radius 1 is 0.650 bits per heavy atom. The van der Waals surface area contributed by atoms with Crippen LogP contribution in [0.15, 0.2) is 66.7 Å². The minimum atomic E-state index is -4.29. The lowest BCUT2D eigenvalue weighted by Crippen LogP contribution is -2.03. The van der Waals surface area contributed by atoms with Gasteiger partial charge in [0.1, 0.15) is 0 Å². The molecule has 0 bridgehead atoms. The van der Waals surface area contributed by atoms with Gasteiger partial charge in [0.2, 0.25) is 0 Å². The van der Waals surface area contributed by atoms with Crippen molar-refractivity contribution in [2.45, 2.75) is 6.18 Å². The number of hydrogen-bond donors (Lipinski definition) is 0. The van der Waals surface area contributed by atoms with Crippen molar-refractivity contribution in [1.29, 1.82) is 0 Å². The molecule has 0 aliphatic carbocycles. The predicted molar refractivity (Wildman–Crippen MR) is 74.4 cm³/mol.